The molecular formula is C11H22N4O2. The van der Waals surface area contributed by atoms with Gasteiger partial charge in [0.15, 0.2) is 5.84 Å². The summed E-state index contributed by atoms with van der Waals surface area (Å²) in [7, 11) is 3.92. The Bertz CT molecular complexity index is 311. The second-order valence-corrected chi connectivity index (χ2v) is 4.94. The van der Waals surface area contributed by atoms with E-state index in [-0.39, 0.29) is 17.8 Å². The van der Waals surface area contributed by atoms with Crippen LogP contribution in [-0.2, 0) is 4.79 Å². The van der Waals surface area contributed by atoms with Gasteiger partial charge in [0.1, 0.15) is 5.41 Å². The normalized spacial score (nSPS) is 20.8. The number of carbonyl (C=O) groups excluding carboxylic acids is 1. The third-order valence-electron chi connectivity index (χ3n) is 3.68. The number of nitrogens with one attached hydrogen (secondary N) is 1. The van der Waals surface area contributed by atoms with Crippen LogP contribution in [0.25, 0.3) is 0 Å². The molecule has 0 radical (unpaired) electrons. The van der Waals surface area contributed by atoms with Crippen LogP contribution < -0.4 is 11.1 Å². The average Bonchev–Trinajstić information content (AvgIpc) is 2.23. The van der Waals surface area contributed by atoms with Gasteiger partial charge < -0.3 is 21.2 Å². The van der Waals surface area contributed by atoms with Gasteiger partial charge in [0.2, 0.25) is 5.91 Å². The van der Waals surface area contributed by atoms with Crippen molar-refractivity contribution in [3.05, 3.63) is 0 Å². The number of nitrogens with two attached hydrogens (primary N) is 1. The summed E-state index contributed by atoms with van der Waals surface area (Å²) in [6.45, 7) is 2.59. The predicted molar refractivity (Wildman–Crippen MR) is 65.9 cm³/mol. The first-order valence-corrected chi connectivity index (χ1v) is 5.87. The van der Waals surface area contributed by atoms with Gasteiger partial charge in [0.05, 0.1) is 0 Å². The third kappa shape index (κ3) is 2.69. The Morgan fingerprint density at radius 2 is 2.18 bits per heavy atom. The molecule has 1 aliphatic carbocycles. The molecule has 0 bridgehead atoms. The lowest BCUT2D eigenvalue weighted by Gasteiger charge is -2.39. The van der Waals surface area contributed by atoms with Gasteiger partial charge in [-0.1, -0.05) is 11.6 Å². The molecule has 0 aliphatic heterocycles. The fraction of sp³-hybridized carbons (Fsp3) is 0.818. The van der Waals surface area contributed by atoms with Crippen molar-refractivity contribution in [1.29, 1.82) is 0 Å². The van der Waals surface area contributed by atoms with Crippen LogP contribution in [0.3, 0.4) is 0 Å². The van der Waals surface area contributed by atoms with E-state index in [1.54, 1.807) is 0 Å². The fourth-order valence-electron chi connectivity index (χ4n) is 1.82. The number of hydrogen-bond acceptors (Lipinski definition) is 4. The fourth-order valence-corrected chi connectivity index (χ4v) is 1.82. The maximum Gasteiger partial charge on any atom is 0.234 e. The summed E-state index contributed by atoms with van der Waals surface area (Å²) >= 11 is 0. The molecule has 0 aromatic rings. The molecule has 6 nitrogen and oxygen atoms in total. The summed E-state index contributed by atoms with van der Waals surface area (Å²) in [6, 6.07) is 0.253. The summed E-state index contributed by atoms with van der Waals surface area (Å²) in [4.78, 5) is 14.1. The summed E-state index contributed by atoms with van der Waals surface area (Å²) in [5, 5.41) is 14.6. The van der Waals surface area contributed by atoms with Crippen molar-refractivity contribution in [2.24, 2.45) is 16.3 Å². The SMILES string of the molecule is CC(CNC(=O)C1(C(N)=NO)CCC1)N(C)C. The zero-order chi connectivity index (χ0) is 13.1. The number of hydrogen-bond donors (Lipinski definition) is 3. The van der Waals surface area contributed by atoms with Crippen LogP contribution >= 0.6 is 0 Å². The van der Waals surface area contributed by atoms with Crippen molar-refractivity contribution < 1.29 is 10.0 Å². The molecule has 98 valence electrons. The Labute approximate surface area is 102 Å². The van der Waals surface area contributed by atoms with Crippen molar-refractivity contribution in [3.8, 4) is 0 Å². The molecule has 4 N–H and O–H groups in total. The minimum absolute atomic E-state index is 0.0266. The highest BCUT2D eigenvalue weighted by Crippen LogP contribution is 2.41. The van der Waals surface area contributed by atoms with Gasteiger partial charge in [-0.15, -0.1) is 0 Å². The van der Waals surface area contributed by atoms with Crippen LogP contribution in [0.5, 0.6) is 0 Å². The zero-order valence-corrected chi connectivity index (χ0v) is 10.7. The minimum Gasteiger partial charge on any atom is -0.409 e. The largest absolute Gasteiger partial charge is 0.409 e. The van der Waals surface area contributed by atoms with Crippen LogP contribution in [-0.4, -0.2) is 48.5 Å². The molecule has 1 aliphatic rings. The van der Waals surface area contributed by atoms with Crippen molar-refractivity contribution >= 4 is 11.7 Å². The number of amides is 1. The Balaban J connectivity index is 2.57. The van der Waals surface area contributed by atoms with E-state index in [1.165, 1.54) is 0 Å². The number of carbonyl (C=O) groups is 1. The van der Waals surface area contributed by atoms with Crippen LogP contribution in [0.1, 0.15) is 26.2 Å². The second-order valence-electron chi connectivity index (χ2n) is 4.94. The molecule has 0 aromatic carbocycles. The van der Waals surface area contributed by atoms with E-state index in [4.69, 9.17) is 10.9 Å². The molecule has 0 saturated heterocycles. The third-order valence-corrected chi connectivity index (χ3v) is 3.68. The Morgan fingerprint density at radius 1 is 1.59 bits per heavy atom. The Hall–Kier alpha value is -1.30. The molecule has 0 heterocycles. The Kier molecular flexibility index (Phi) is 4.34. The topological polar surface area (TPSA) is 91.0 Å². The lowest BCUT2D eigenvalue weighted by atomic mass is 9.67. The number of amidine groups is 1. The van der Waals surface area contributed by atoms with Gasteiger partial charge >= 0.3 is 0 Å². The molecular weight excluding hydrogens is 220 g/mol. The van der Waals surface area contributed by atoms with Crippen LogP contribution in [0.4, 0.5) is 0 Å². The summed E-state index contributed by atoms with van der Waals surface area (Å²) in [5.74, 6) is -0.105. The van der Waals surface area contributed by atoms with E-state index in [0.717, 1.165) is 6.42 Å². The molecule has 1 atom stereocenters. The van der Waals surface area contributed by atoms with Crippen LogP contribution in [0, 0.1) is 5.41 Å². The van der Waals surface area contributed by atoms with E-state index in [1.807, 2.05) is 25.9 Å². The molecule has 1 rings (SSSR count). The average molecular weight is 242 g/mol. The smallest absolute Gasteiger partial charge is 0.234 e. The van der Waals surface area contributed by atoms with Crippen molar-refractivity contribution in [2.45, 2.75) is 32.2 Å². The van der Waals surface area contributed by atoms with Gasteiger partial charge in [-0.05, 0) is 33.9 Å². The van der Waals surface area contributed by atoms with Gasteiger partial charge in [-0.2, -0.15) is 0 Å². The van der Waals surface area contributed by atoms with E-state index in [2.05, 4.69) is 10.5 Å². The molecule has 17 heavy (non-hydrogen) atoms. The van der Waals surface area contributed by atoms with Crippen LogP contribution in [0.15, 0.2) is 5.16 Å². The highest BCUT2D eigenvalue weighted by molar-refractivity contribution is 6.07. The second kappa shape index (κ2) is 5.35. The number of likely N-dealkylation sites (N-methyl/N-ethyl adjacent to an activating group) is 1. The maximum absolute atomic E-state index is 12.1. The van der Waals surface area contributed by atoms with E-state index >= 15 is 0 Å². The van der Waals surface area contributed by atoms with Gasteiger partial charge in [0.25, 0.3) is 0 Å². The molecule has 1 fully saturated rings. The van der Waals surface area contributed by atoms with Crippen molar-refractivity contribution in [3.63, 3.8) is 0 Å². The van der Waals surface area contributed by atoms with Crippen LogP contribution in [0.2, 0.25) is 0 Å². The molecule has 1 amide bonds. The molecule has 1 unspecified atom stereocenters. The van der Waals surface area contributed by atoms with Gasteiger partial charge in [-0.25, -0.2) is 0 Å². The summed E-state index contributed by atoms with van der Waals surface area (Å²) in [5.41, 5.74) is 4.83. The number of nitrogens with zero attached hydrogens (tertiary/aromatic N) is 2. The first kappa shape index (κ1) is 13.8. The zero-order valence-electron chi connectivity index (χ0n) is 10.7. The molecule has 6 heteroatoms. The lowest BCUT2D eigenvalue weighted by molar-refractivity contribution is -0.131. The highest BCUT2D eigenvalue weighted by Gasteiger charge is 2.48. The van der Waals surface area contributed by atoms with E-state index in [9.17, 15) is 4.79 Å². The first-order chi connectivity index (χ1) is 7.94. The van der Waals surface area contributed by atoms with E-state index in [0.29, 0.717) is 19.4 Å². The quantitative estimate of drug-likeness (QED) is 0.273. The maximum atomic E-state index is 12.1. The number of oxime groups is 1. The van der Waals surface area contributed by atoms with E-state index < -0.39 is 5.41 Å². The predicted octanol–water partition coefficient (Wildman–Crippen LogP) is -0.0306. The Morgan fingerprint density at radius 3 is 2.53 bits per heavy atom. The summed E-state index contributed by atoms with van der Waals surface area (Å²) in [6.07, 6.45) is 2.25. The van der Waals surface area contributed by atoms with Crippen molar-refractivity contribution in [1.82, 2.24) is 10.2 Å². The molecule has 0 spiro atoms. The summed E-state index contributed by atoms with van der Waals surface area (Å²) < 4.78 is 0. The monoisotopic (exact) mass is 242 g/mol. The lowest BCUT2D eigenvalue weighted by Crippen LogP contribution is -2.55. The van der Waals surface area contributed by atoms with Gasteiger partial charge in [-0.3, -0.25) is 4.79 Å². The minimum atomic E-state index is -0.777. The van der Waals surface area contributed by atoms with Crippen molar-refractivity contribution in [2.75, 3.05) is 20.6 Å². The highest BCUT2D eigenvalue weighted by atomic mass is 16.4. The number of rotatable bonds is 5. The standard InChI is InChI=1S/C11H22N4O2/c1-8(15(2)3)7-13-10(16)11(5-4-6-11)9(12)14-17/h8,17H,4-7H2,1-3H3,(H2,12,14)(H,13,16). The van der Waals surface area contributed by atoms with Gasteiger partial charge in [0, 0.05) is 12.6 Å². The first-order valence-electron chi connectivity index (χ1n) is 5.87. The molecule has 1 saturated carbocycles. The molecule has 0 aromatic heterocycles.